The molecule has 14 heteroatoms. The highest BCUT2D eigenvalue weighted by Gasteiger charge is 2.40. The van der Waals surface area contributed by atoms with Gasteiger partial charge in [-0.2, -0.15) is 13.8 Å². The lowest BCUT2D eigenvalue weighted by molar-refractivity contribution is -0.385. The maximum atomic E-state index is 16.2. The van der Waals surface area contributed by atoms with Crippen molar-refractivity contribution in [3.8, 4) is 5.75 Å². The van der Waals surface area contributed by atoms with Crippen LogP contribution in [0, 0.1) is 10.1 Å². The summed E-state index contributed by atoms with van der Waals surface area (Å²) < 4.78 is 45.7. The number of likely N-dealkylation sites (N-methyl/N-ethyl adjacent to an activating group) is 1. The molecule has 5 rings (SSSR count). The second kappa shape index (κ2) is 13.1. The van der Waals surface area contributed by atoms with Crippen molar-refractivity contribution < 1.29 is 23.2 Å². The Bertz CT molecular complexity index is 1670. The molecule has 240 valence electrons. The molecular formula is C31H39F2N7O4Si. The van der Waals surface area contributed by atoms with Gasteiger partial charge in [0.15, 0.2) is 0 Å². The van der Waals surface area contributed by atoms with Crippen LogP contribution in [0.5, 0.6) is 5.75 Å². The Morgan fingerprint density at radius 3 is 2.51 bits per heavy atom. The number of nitrogens with one attached hydrogen (secondary N) is 1. The van der Waals surface area contributed by atoms with Crippen LogP contribution in [0.15, 0.2) is 54.7 Å². The topological polar surface area (TPSA) is 111 Å². The number of aromatic nitrogens is 3. The molecular weight excluding hydrogens is 600 g/mol. The van der Waals surface area contributed by atoms with Gasteiger partial charge >= 0.3 is 5.92 Å². The van der Waals surface area contributed by atoms with Gasteiger partial charge in [-0.05, 0) is 31.3 Å². The zero-order valence-corrected chi connectivity index (χ0v) is 27.2. The molecule has 1 aliphatic heterocycles. The number of hydrogen-bond acceptors (Lipinski definition) is 9. The van der Waals surface area contributed by atoms with Crippen molar-refractivity contribution >= 4 is 42.1 Å². The number of rotatable bonds is 12. The standard InChI is InChI=1S/C31H39F2N7O4Si/c1-37-13-15-38(16-14-37)23-9-10-26(27(20-23)43-2)34-30-35-28(31(32,33)22-7-6-8-24(19-22)40(41)42)25-11-12-39(29(25)36-30)21-44-17-18-45(3,4)5/h6-12,19-20H,13-18,21H2,1-5H3,(H,34,35,36). The molecule has 4 aromatic rings. The number of benzene rings is 2. The molecule has 0 unspecified atom stereocenters. The summed E-state index contributed by atoms with van der Waals surface area (Å²) in [6.07, 6.45) is 1.64. The lowest BCUT2D eigenvalue weighted by atomic mass is 10.0. The van der Waals surface area contributed by atoms with Gasteiger partial charge in [-0.15, -0.1) is 0 Å². The van der Waals surface area contributed by atoms with Crippen LogP contribution in [0.2, 0.25) is 25.7 Å². The van der Waals surface area contributed by atoms with Gasteiger partial charge in [0.1, 0.15) is 23.8 Å². The fraction of sp³-hybridized carbons (Fsp3) is 0.419. The smallest absolute Gasteiger partial charge is 0.316 e. The number of methoxy groups -OCH3 is 1. The number of fused-ring (bicyclic) bond motifs is 1. The van der Waals surface area contributed by atoms with Crippen molar-refractivity contribution in [3.63, 3.8) is 0 Å². The van der Waals surface area contributed by atoms with Crippen LogP contribution < -0.4 is 15.0 Å². The first-order valence-electron chi connectivity index (χ1n) is 14.8. The minimum absolute atomic E-state index is 0.0738. The van der Waals surface area contributed by atoms with E-state index < -0.39 is 35.9 Å². The van der Waals surface area contributed by atoms with Gasteiger partial charge in [0, 0.05) is 81.9 Å². The Hall–Kier alpha value is -4.14. The lowest BCUT2D eigenvalue weighted by Gasteiger charge is -2.34. The van der Waals surface area contributed by atoms with Crippen molar-refractivity contribution in [1.82, 2.24) is 19.4 Å². The van der Waals surface area contributed by atoms with Crippen molar-refractivity contribution in [1.29, 1.82) is 0 Å². The van der Waals surface area contributed by atoms with E-state index in [1.54, 1.807) is 17.9 Å². The van der Waals surface area contributed by atoms with Gasteiger partial charge in [-0.3, -0.25) is 10.1 Å². The van der Waals surface area contributed by atoms with Crippen LogP contribution in [0.4, 0.5) is 31.8 Å². The minimum atomic E-state index is -3.68. The largest absolute Gasteiger partial charge is 0.494 e. The van der Waals surface area contributed by atoms with Crippen LogP contribution >= 0.6 is 0 Å². The summed E-state index contributed by atoms with van der Waals surface area (Å²) in [7, 11) is 2.31. The van der Waals surface area contributed by atoms with Crippen LogP contribution in [0.25, 0.3) is 11.0 Å². The third-order valence-electron chi connectivity index (χ3n) is 7.86. The number of non-ortho nitro benzene ring substituents is 1. The molecule has 11 nitrogen and oxygen atoms in total. The highest BCUT2D eigenvalue weighted by molar-refractivity contribution is 6.76. The Kier molecular flexibility index (Phi) is 9.37. The van der Waals surface area contributed by atoms with Crippen LogP contribution in [0.1, 0.15) is 11.3 Å². The molecule has 2 aromatic heterocycles. The molecule has 1 N–H and O–H groups in total. The number of nitro groups is 1. The lowest BCUT2D eigenvalue weighted by Crippen LogP contribution is -2.44. The highest BCUT2D eigenvalue weighted by atomic mass is 28.3. The molecule has 3 heterocycles. The van der Waals surface area contributed by atoms with Gasteiger partial charge in [0.2, 0.25) is 5.95 Å². The van der Waals surface area contributed by atoms with E-state index >= 15 is 8.78 Å². The SMILES string of the molecule is COc1cc(N2CCN(C)CC2)ccc1Nc1nc(C(F)(F)c2cccc([N+](=O)[O-])c2)c2ccn(COCC[Si](C)(C)C)c2n1. The van der Waals surface area contributed by atoms with Crippen molar-refractivity contribution in [2.24, 2.45) is 0 Å². The second-order valence-corrected chi connectivity index (χ2v) is 18.1. The molecule has 1 aliphatic rings. The normalized spacial score (nSPS) is 14.6. The number of alkyl halides is 2. The van der Waals surface area contributed by atoms with Gasteiger partial charge in [-0.25, -0.2) is 4.98 Å². The molecule has 0 spiro atoms. The highest BCUT2D eigenvalue weighted by Crippen LogP contribution is 2.40. The van der Waals surface area contributed by atoms with Gasteiger partial charge < -0.3 is 29.2 Å². The molecule has 2 aromatic carbocycles. The Balaban J connectivity index is 1.53. The van der Waals surface area contributed by atoms with E-state index in [2.05, 4.69) is 51.8 Å². The maximum absolute atomic E-state index is 16.2. The molecule has 0 aliphatic carbocycles. The molecule has 0 atom stereocenters. The van der Waals surface area contributed by atoms with E-state index in [0.29, 0.717) is 18.0 Å². The molecule has 0 bridgehead atoms. The summed E-state index contributed by atoms with van der Waals surface area (Å²) in [5.74, 6) is -3.24. The van der Waals surface area contributed by atoms with Gasteiger partial charge in [-0.1, -0.05) is 31.8 Å². The fourth-order valence-electron chi connectivity index (χ4n) is 5.12. The molecule has 1 saturated heterocycles. The Morgan fingerprint density at radius 2 is 1.82 bits per heavy atom. The number of ether oxygens (including phenoxy) is 2. The number of anilines is 3. The first-order chi connectivity index (χ1) is 21.4. The fourth-order valence-corrected chi connectivity index (χ4v) is 5.88. The van der Waals surface area contributed by atoms with E-state index in [-0.39, 0.29) is 23.7 Å². The molecule has 0 radical (unpaired) electrons. The zero-order valence-electron chi connectivity index (χ0n) is 26.2. The Morgan fingerprint density at radius 1 is 1.07 bits per heavy atom. The van der Waals surface area contributed by atoms with E-state index in [9.17, 15) is 10.1 Å². The summed E-state index contributed by atoms with van der Waals surface area (Å²) in [6.45, 7) is 11.0. The van der Waals surface area contributed by atoms with E-state index in [1.807, 2.05) is 18.2 Å². The first-order valence-corrected chi connectivity index (χ1v) is 18.5. The molecule has 0 saturated carbocycles. The predicted octanol–water partition coefficient (Wildman–Crippen LogP) is 6.30. The minimum Gasteiger partial charge on any atom is -0.494 e. The average Bonchev–Trinajstić information content (AvgIpc) is 3.41. The van der Waals surface area contributed by atoms with Crippen LogP contribution in [-0.2, 0) is 17.4 Å². The third-order valence-corrected chi connectivity index (χ3v) is 9.57. The summed E-state index contributed by atoms with van der Waals surface area (Å²) in [4.78, 5) is 24.1. The van der Waals surface area contributed by atoms with Crippen LogP contribution in [0.3, 0.4) is 0 Å². The van der Waals surface area contributed by atoms with Gasteiger partial charge in [0.25, 0.3) is 5.69 Å². The molecule has 1 fully saturated rings. The Labute approximate surface area is 261 Å². The van der Waals surface area contributed by atoms with Crippen molar-refractivity contribution in [2.45, 2.75) is 38.3 Å². The van der Waals surface area contributed by atoms with E-state index in [1.165, 1.54) is 18.2 Å². The van der Waals surface area contributed by atoms with Crippen LogP contribution in [-0.4, -0.2) is 79.4 Å². The summed E-state index contributed by atoms with van der Waals surface area (Å²) in [5, 5.41) is 14.6. The monoisotopic (exact) mass is 639 g/mol. The van der Waals surface area contributed by atoms with Crippen molar-refractivity contribution in [2.75, 3.05) is 57.2 Å². The van der Waals surface area contributed by atoms with Crippen molar-refractivity contribution in [3.05, 3.63) is 76.1 Å². The maximum Gasteiger partial charge on any atom is 0.316 e. The number of nitro benzene ring substituents is 1. The van der Waals surface area contributed by atoms with E-state index in [4.69, 9.17) is 9.47 Å². The number of hydrogen-bond donors (Lipinski definition) is 1. The quantitative estimate of drug-likeness (QED) is 0.0827. The zero-order chi connectivity index (χ0) is 32.4. The summed E-state index contributed by atoms with van der Waals surface area (Å²) in [6, 6.07) is 12.6. The predicted molar refractivity (Wildman–Crippen MR) is 174 cm³/mol. The van der Waals surface area contributed by atoms with Gasteiger partial charge in [0.05, 0.1) is 17.7 Å². The second-order valence-electron chi connectivity index (χ2n) is 12.4. The molecule has 0 amide bonds. The number of nitrogens with zero attached hydrogens (tertiary/aromatic N) is 6. The average molecular weight is 640 g/mol. The summed E-state index contributed by atoms with van der Waals surface area (Å²) >= 11 is 0. The number of piperazine rings is 1. The third kappa shape index (κ3) is 7.40. The first kappa shape index (κ1) is 32.3. The number of halogens is 2. The summed E-state index contributed by atoms with van der Waals surface area (Å²) in [5.41, 5.74) is 0.177. The van der Waals surface area contributed by atoms with E-state index in [0.717, 1.165) is 50.0 Å². The molecule has 45 heavy (non-hydrogen) atoms.